The molecule has 2 fully saturated rings. The van der Waals surface area contributed by atoms with E-state index in [4.69, 9.17) is 0 Å². The standard InChI is InChI=1S/C13H23N5O2/c1-18(2)12(20)8-15-13(16-9-3-4-9)17-10-5-6-11(19)14-7-10/h9-10H,3-8H2,1-2H3,(H,14,19)(H2,15,16,17). The van der Waals surface area contributed by atoms with E-state index in [1.54, 1.807) is 14.1 Å². The largest absolute Gasteiger partial charge is 0.354 e. The molecule has 3 N–H and O–H groups in total. The predicted molar refractivity (Wildman–Crippen MR) is 76.3 cm³/mol. The third-order valence-corrected chi connectivity index (χ3v) is 3.40. The summed E-state index contributed by atoms with van der Waals surface area (Å²) in [5, 5.41) is 9.42. The Morgan fingerprint density at radius 3 is 2.55 bits per heavy atom. The molecule has 1 heterocycles. The number of hydrogen-bond acceptors (Lipinski definition) is 3. The van der Waals surface area contributed by atoms with Gasteiger partial charge in [-0.1, -0.05) is 0 Å². The lowest BCUT2D eigenvalue weighted by molar-refractivity contribution is -0.127. The molecular formula is C13H23N5O2. The predicted octanol–water partition coefficient (Wildman–Crippen LogP) is -0.949. The summed E-state index contributed by atoms with van der Waals surface area (Å²) < 4.78 is 0. The lowest BCUT2D eigenvalue weighted by Gasteiger charge is -2.25. The number of carbonyl (C=O) groups is 2. The van der Waals surface area contributed by atoms with Crippen LogP contribution in [-0.4, -0.2) is 61.9 Å². The number of rotatable bonds is 4. The lowest BCUT2D eigenvalue weighted by atomic mass is 10.1. The monoisotopic (exact) mass is 281 g/mol. The highest BCUT2D eigenvalue weighted by Gasteiger charge is 2.25. The van der Waals surface area contributed by atoms with Crippen LogP contribution >= 0.6 is 0 Å². The summed E-state index contributed by atoms with van der Waals surface area (Å²) in [5.41, 5.74) is 0. The molecule has 2 aliphatic rings. The van der Waals surface area contributed by atoms with E-state index in [-0.39, 0.29) is 24.4 Å². The molecule has 0 aromatic rings. The van der Waals surface area contributed by atoms with Gasteiger partial charge in [0.1, 0.15) is 6.54 Å². The molecule has 0 aromatic carbocycles. The summed E-state index contributed by atoms with van der Waals surface area (Å²) in [6.45, 7) is 0.736. The van der Waals surface area contributed by atoms with Gasteiger partial charge in [-0.3, -0.25) is 9.59 Å². The molecule has 0 radical (unpaired) electrons. The minimum Gasteiger partial charge on any atom is -0.354 e. The molecule has 1 unspecified atom stereocenters. The highest BCUT2D eigenvalue weighted by molar-refractivity contribution is 5.85. The third kappa shape index (κ3) is 4.71. The average Bonchev–Trinajstić information content (AvgIpc) is 3.22. The van der Waals surface area contributed by atoms with Crippen LogP contribution in [0, 0.1) is 0 Å². The molecule has 1 saturated heterocycles. The summed E-state index contributed by atoms with van der Waals surface area (Å²) in [7, 11) is 3.44. The summed E-state index contributed by atoms with van der Waals surface area (Å²) in [4.78, 5) is 28.6. The van der Waals surface area contributed by atoms with Crippen molar-refractivity contribution in [3.63, 3.8) is 0 Å². The maximum atomic E-state index is 11.6. The fraction of sp³-hybridized carbons (Fsp3) is 0.769. The molecule has 2 amide bonds. The Hall–Kier alpha value is -1.79. The SMILES string of the molecule is CN(C)C(=O)CN=C(NC1CC1)NC1CCC(=O)NC1. The van der Waals surface area contributed by atoms with Crippen LogP contribution in [0.3, 0.4) is 0 Å². The van der Waals surface area contributed by atoms with E-state index in [0.29, 0.717) is 25.0 Å². The van der Waals surface area contributed by atoms with E-state index in [0.717, 1.165) is 19.3 Å². The van der Waals surface area contributed by atoms with Crippen LogP contribution in [0.1, 0.15) is 25.7 Å². The van der Waals surface area contributed by atoms with Crippen LogP contribution in [-0.2, 0) is 9.59 Å². The zero-order chi connectivity index (χ0) is 14.5. The zero-order valence-corrected chi connectivity index (χ0v) is 12.1. The van der Waals surface area contributed by atoms with Crippen LogP contribution < -0.4 is 16.0 Å². The van der Waals surface area contributed by atoms with Gasteiger partial charge in [-0.05, 0) is 19.3 Å². The second-order valence-electron chi connectivity index (χ2n) is 5.56. The summed E-state index contributed by atoms with van der Waals surface area (Å²) >= 11 is 0. The number of likely N-dealkylation sites (N-methyl/N-ethyl adjacent to an activating group) is 1. The van der Waals surface area contributed by atoms with Gasteiger partial charge in [0.25, 0.3) is 0 Å². The topological polar surface area (TPSA) is 85.8 Å². The van der Waals surface area contributed by atoms with Crippen molar-refractivity contribution in [2.45, 2.75) is 37.8 Å². The number of piperidine rings is 1. The Bertz CT molecular complexity index is 394. The van der Waals surface area contributed by atoms with Crippen molar-refractivity contribution in [3.8, 4) is 0 Å². The van der Waals surface area contributed by atoms with Crippen molar-refractivity contribution in [3.05, 3.63) is 0 Å². The van der Waals surface area contributed by atoms with Crippen molar-refractivity contribution in [1.82, 2.24) is 20.9 Å². The second kappa shape index (κ2) is 6.58. The molecule has 1 atom stereocenters. The first-order valence-corrected chi connectivity index (χ1v) is 7.09. The first kappa shape index (κ1) is 14.6. The van der Waals surface area contributed by atoms with Gasteiger partial charge < -0.3 is 20.9 Å². The summed E-state index contributed by atoms with van der Waals surface area (Å²) in [6, 6.07) is 0.640. The van der Waals surface area contributed by atoms with Gasteiger partial charge >= 0.3 is 0 Å². The molecule has 112 valence electrons. The van der Waals surface area contributed by atoms with E-state index >= 15 is 0 Å². The zero-order valence-electron chi connectivity index (χ0n) is 12.1. The van der Waals surface area contributed by atoms with Gasteiger partial charge in [0, 0.05) is 39.1 Å². The Morgan fingerprint density at radius 2 is 2.00 bits per heavy atom. The Morgan fingerprint density at radius 1 is 1.30 bits per heavy atom. The van der Waals surface area contributed by atoms with E-state index < -0.39 is 0 Å². The molecule has 0 spiro atoms. The molecule has 1 aliphatic heterocycles. The Labute approximate surface area is 119 Å². The third-order valence-electron chi connectivity index (χ3n) is 3.40. The van der Waals surface area contributed by atoms with Crippen LogP contribution in [0.4, 0.5) is 0 Å². The number of nitrogens with one attached hydrogen (secondary N) is 3. The quantitative estimate of drug-likeness (QED) is 0.458. The van der Waals surface area contributed by atoms with E-state index in [9.17, 15) is 9.59 Å². The van der Waals surface area contributed by atoms with E-state index in [1.165, 1.54) is 4.90 Å². The van der Waals surface area contributed by atoms with E-state index in [1.807, 2.05) is 0 Å². The van der Waals surface area contributed by atoms with Crippen molar-refractivity contribution in [2.75, 3.05) is 27.2 Å². The number of amides is 2. The van der Waals surface area contributed by atoms with Crippen molar-refractivity contribution in [2.24, 2.45) is 4.99 Å². The average molecular weight is 281 g/mol. The highest BCUT2D eigenvalue weighted by Crippen LogP contribution is 2.18. The number of guanidine groups is 1. The van der Waals surface area contributed by atoms with Crippen molar-refractivity contribution >= 4 is 17.8 Å². The van der Waals surface area contributed by atoms with Gasteiger partial charge in [-0.25, -0.2) is 4.99 Å². The molecule has 0 aromatic heterocycles. The van der Waals surface area contributed by atoms with Crippen molar-refractivity contribution in [1.29, 1.82) is 0 Å². The Kier molecular flexibility index (Phi) is 4.81. The normalized spacial score (nSPS) is 23.0. The molecular weight excluding hydrogens is 258 g/mol. The molecule has 7 nitrogen and oxygen atoms in total. The van der Waals surface area contributed by atoms with Gasteiger partial charge in [0.2, 0.25) is 11.8 Å². The summed E-state index contributed by atoms with van der Waals surface area (Å²) in [5.74, 6) is 0.738. The fourth-order valence-corrected chi connectivity index (χ4v) is 1.89. The first-order valence-electron chi connectivity index (χ1n) is 7.09. The van der Waals surface area contributed by atoms with Gasteiger partial charge in [-0.2, -0.15) is 0 Å². The fourth-order valence-electron chi connectivity index (χ4n) is 1.89. The molecule has 2 rings (SSSR count). The van der Waals surface area contributed by atoms with Crippen LogP contribution in [0.2, 0.25) is 0 Å². The smallest absolute Gasteiger partial charge is 0.243 e. The highest BCUT2D eigenvalue weighted by atomic mass is 16.2. The second-order valence-corrected chi connectivity index (χ2v) is 5.56. The lowest BCUT2D eigenvalue weighted by Crippen LogP contribution is -2.51. The maximum absolute atomic E-state index is 11.6. The molecule has 7 heteroatoms. The number of aliphatic imine (C=N–C) groups is 1. The summed E-state index contributed by atoms with van der Waals surface area (Å²) in [6.07, 6.45) is 3.61. The number of nitrogens with zero attached hydrogens (tertiary/aromatic N) is 2. The first-order chi connectivity index (χ1) is 9.54. The number of carbonyl (C=O) groups excluding carboxylic acids is 2. The van der Waals surface area contributed by atoms with Gasteiger partial charge in [-0.15, -0.1) is 0 Å². The van der Waals surface area contributed by atoms with Crippen LogP contribution in [0.25, 0.3) is 0 Å². The minimum absolute atomic E-state index is 0.0288. The molecule has 1 aliphatic carbocycles. The van der Waals surface area contributed by atoms with E-state index in [2.05, 4.69) is 20.9 Å². The number of hydrogen-bond donors (Lipinski definition) is 3. The van der Waals surface area contributed by atoms with Gasteiger partial charge in [0.05, 0.1) is 0 Å². The minimum atomic E-state index is -0.0288. The maximum Gasteiger partial charge on any atom is 0.243 e. The molecule has 1 saturated carbocycles. The van der Waals surface area contributed by atoms with Crippen molar-refractivity contribution < 1.29 is 9.59 Å². The van der Waals surface area contributed by atoms with Gasteiger partial charge in [0.15, 0.2) is 5.96 Å². The molecule has 0 bridgehead atoms. The molecule has 20 heavy (non-hydrogen) atoms. The Balaban J connectivity index is 1.87. The van der Waals surface area contributed by atoms with Crippen LogP contribution in [0.15, 0.2) is 4.99 Å². The van der Waals surface area contributed by atoms with Crippen LogP contribution in [0.5, 0.6) is 0 Å².